The standard InChI is InChI=1S/C17H16N4O3/c1-24-14-6-4-12(5-7-14)10-21-8-2-3-13(21)9-15(22)16(23)17-18-11-19-20-17/h2-8,11H,9-10H2,1H3,(H,18,19,20). The number of aromatic amines is 1. The lowest BCUT2D eigenvalue weighted by Crippen LogP contribution is -2.20. The van der Waals surface area contributed by atoms with E-state index in [0.29, 0.717) is 6.54 Å². The number of hydrogen-bond donors (Lipinski definition) is 1. The lowest BCUT2D eigenvalue weighted by molar-refractivity contribution is -0.114. The number of carbonyl (C=O) groups excluding carboxylic acids is 2. The zero-order chi connectivity index (χ0) is 16.9. The summed E-state index contributed by atoms with van der Waals surface area (Å²) in [5, 5.41) is 6.08. The summed E-state index contributed by atoms with van der Waals surface area (Å²) in [7, 11) is 1.62. The Kier molecular flexibility index (Phi) is 4.51. The molecule has 0 amide bonds. The van der Waals surface area contributed by atoms with E-state index < -0.39 is 11.6 Å². The molecule has 0 saturated carbocycles. The molecule has 0 spiro atoms. The quantitative estimate of drug-likeness (QED) is 0.527. The number of H-pyrrole nitrogens is 1. The zero-order valence-electron chi connectivity index (χ0n) is 13.1. The molecule has 0 unspecified atom stereocenters. The van der Waals surface area contributed by atoms with E-state index in [2.05, 4.69) is 15.2 Å². The minimum atomic E-state index is -0.687. The van der Waals surface area contributed by atoms with E-state index in [1.807, 2.05) is 47.2 Å². The highest BCUT2D eigenvalue weighted by Gasteiger charge is 2.21. The second-order valence-corrected chi connectivity index (χ2v) is 5.23. The molecule has 3 rings (SSSR count). The van der Waals surface area contributed by atoms with E-state index in [-0.39, 0.29) is 12.2 Å². The predicted molar refractivity (Wildman–Crippen MR) is 86.0 cm³/mol. The molecule has 0 bridgehead atoms. The Bertz CT molecular complexity index is 835. The lowest BCUT2D eigenvalue weighted by atomic mass is 10.1. The molecule has 0 saturated heterocycles. The first-order valence-corrected chi connectivity index (χ1v) is 7.37. The molecule has 0 aliphatic carbocycles. The fourth-order valence-electron chi connectivity index (χ4n) is 2.38. The van der Waals surface area contributed by atoms with Gasteiger partial charge in [0.05, 0.1) is 13.5 Å². The molecule has 7 heteroatoms. The summed E-state index contributed by atoms with van der Waals surface area (Å²) < 4.78 is 7.07. The Balaban J connectivity index is 1.70. The van der Waals surface area contributed by atoms with Gasteiger partial charge in [0.15, 0.2) is 0 Å². The molecule has 0 atom stereocenters. The molecule has 3 aromatic rings. The maximum atomic E-state index is 12.1. The van der Waals surface area contributed by atoms with Crippen LogP contribution in [0.15, 0.2) is 48.9 Å². The zero-order valence-corrected chi connectivity index (χ0v) is 13.1. The number of nitrogens with zero attached hydrogens (tertiary/aromatic N) is 3. The number of nitrogens with one attached hydrogen (secondary N) is 1. The number of hydrogen-bond acceptors (Lipinski definition) is 5. The highest BCUT2D eigenvalue weighted by atomic mass is 16.5. The van der Waals surface area contributed by atoms with E-state index in [9.17, 15) is 9.59 Å². The summed E-state index contributed by atoms with van der Waals surface area (Å²) in [5.74, 6) is -0.537. The van der Waals surface area contributed by atoms with Gasteiger partial charge in [-0.25, -0.2) is 4.98 Å². The monoisotopic (exact) mass is 324 g/mol. The molecule has 0 radical (unpaired) electrons. The summed E-state index contributed by atoms with van der Waals surface area (Å²) in [5.41, 5.74) is 1.83. The van der Waals surface area contributed by atoms with Crippen LogP contribution in [0.25, 0.3) is 0 Å². The number of carbonyl (C=O) groups is 2. The number of ether oxygens (including phenoxy) is 1. The average Bonchev–Trinajstić information content (AvgIpc) is 3.27. The van der Waals surface area contributed by atoms with Crippen molar-refractivity contribution in [1.29, 1.82) is 0 Å². The van der Waals surface area contributed by atoms with E-state index in [1.54, 1.807) is 7.11 Å². The second kappa shape index (κ2) is 6.91. The van der Waals surface area contributed by atoms with Gasteiger partial charge in [-0.2, -0.15) is 0 Å². The van der Waals surface area contributed by atoms with E-state index in [0.717, 1.165) is 17.0 Å². The Morgan fingerprint density at radius 3 is 2.67 bits per heavy atom. The van der Waals surface area contributed by atoms with E-state index in [1.165, 1.54) is 6.33 Å². The first-order chi connectivity index (χ1) is 11.7. The van der Waals surface area contributed by atoms with Crippen molar-refractivity contribution in [2.45, 2.75) is 13.0 Å². The highest BCUT2D eigenvalue weighted by Crippen LogP contribution is 2.14. The van der Waals surface area contributed by atoms with Crippen molar-refractivity contribution in [1.82, 2.24) is 19.7 Å². The van der Waals surface area contributed by atoms with Crippen molar-refractivity contribution < 1.29 is 14.3 Å². The third-order valence-electron chi connectivity index (χ3n) is 3.65. The largest absolute Gasteiger partial charge is 0.497 e. The van der Waals surface area contributed by atoms with Crippen LogP contribution in [0.2, 0.25) is 0 Å². The minimum Gasteiger partial charge on any atom is -0.497 e. The average molecular weight is 324 g/mol. The number of benzene rings is 1. The molecule has 1 aromatic carbocycles. The van der Waals surface area contributed by atoms with Crippen LogP contribution in [0.4, 0.5) is 0 Å². The molecular formula is C17H16N4O3. The third-order valence-corrected chi connectivity index (χ3v) is 3.65. The fourth-order valence-corrected chi connectivity index (χ4v) is 2.38. The molecule has 0 fully saturated rings. The van der Waals surface area contributed by atoms with Crippen molar-refractivity contribution >= 4 is 11.6 Å². The van der Waals surface area contributed by atoms with Gasteiger partial charge in [0, 0.05) is 18.4 Å². The van der Waals surface area contributed by atoms with Gasteiger partial charge in [-0.05, 0) is 29.8 Å². The summed E-state index contributed by atoms with van der Waals surface area (Å²) in [6.45, 7) is 0.606. The molecular weight excluding hydrogens is 308 g/mol. The Labute approximate surface area is 138 Å². The smallest absolute Gasteiger partial charge is 0.267 e. The summed E-state index contributed by atoms with van der Waals surface area (Å²) in [6.07, 6.45) is 3.16. The van der Waals surface area contributed by atoms with Gasteiger partial charge in [0.25, 0.3) is 5.78 Å². The first-order valence-electron chi connectivity index (χ1n) is 7.37. The lowest BCUT2D eigenvalue weighted by Gasteiger charge is -2.09. The Morgan fingerprint density at radius 2 is 2.00 bits per heavy atom. The van der Waals surface area contributed by atoms with E-state index in [4.69, 9.17) is 4.74 Å². The summed E-state index contributed by atoms with van der Waals surface area (Å²) >= 11 is 0. The van der Waals surface area contributed by atoms with Crippen LogP contribution in [-0.4, -0.2) is 38.4 Å². The predicted octanol–water partition coefficient (Wildman–Crippen LogP) is 1.66. The normalized spacial score (nSPS) is 10.5. The Hall–Kier alpha value is -3.22. The van der Waals surface area contributed by atoms with Crippen molar-refractivity contribution in [3.63, 3.8) is 0 Å². The van der Waals surface area contributed by atoms with Crippen LogP contribution >= 0.6 is 0 Å². The maximum Gasteiger partial charge on any atom is 0.267 e. The third kappa shape index (κ3) is 3.40. The molecule has 0 aliphatic heterocycles. The molecule has 2 aromatic heterocycles. The highest BCUT2D eigenvalue weighted by molar-refractivity contribution is 6.43. The van der Waals surface area contributed by atoms with Gasteiger partial charge >= 0.3 is 0 Å². The molecule has 24 heavy (non-hydrogen) atoms. The first kappa shape index (κ1) is 15.7. The van der Waals surface area contributed by atoms with Crippen molar-refractivity contribution in [2.75, 3.05) is 7.11 Å². The van der Waals surface area contributed by atoms with Crippen molar-refractivity contribution in [3.8, 4) is 5.75 Å². The van der Waals surface area contributed by atoms with Crippen LogP contribution < -0.4 is 4.74 Å². The van der Waals surface area contributed by atoms with Gasteiger partial charge in [-0.15, -0.1) is 5.10 Å². The summed E-state index contributed by atoms with van der Waals surface area (Å²) in [6, 6.07) is 11.4. The van der Waals surface area contributed by atoms with Crippen LogP contribution in [0.1, 0.15) is 21.9 Å². The van der Waals surface area contributed by atoms with Gasteiger partial charge in [0.2, 0.25) is 11.6 Å². The van der Waals surface area contributed by atoms with Crippen LogP contribution in [0.3, 0.4) is 0 Å². The Morgan fingerprint density at radius 1 is 1.21 bits per heavy atom. The molecule has 1 N–H and O–H groups in total. The molecule has 122 valence electrons. The van der Waals surface area contributed by atoms with Gasteiger partial charge in [-0.3, -0.25) is 14.7 Å². The van der Waals surface area contributed by atoms with Gasteiger partial charge in [-0.1, -0.05) is 12.1 Å². The minimum absolute atomic E-state index is 0.0104. The van der Waals surface area contributed by atoms with Crippen molar-refractivity contribution in [2.24, 2.45) is 0 Å². The summed E-state index contributed by atoms with van der Waals surface area (Å²) in [4.78, 5) is 27.8. The number of methoxy groups -OCH3 is 1. The topological polar surface area (TPSA) is 89.9 Å². The number of aromatic nitrogens is 4. The SMILES string of the molecule is COc1ccc(Cn2cccc2CC(=O)C(=O)c2nc[nH]n2)cc1. The number of Topliss-reactive ketones (excluding diaryl/α,β-unsaturated/α-hetero) is 2. The van der Waals surface area contributed by atoms with Crippen LogP contribution in [0.5, 0.6) is 5.75 Å². The van der Waals surface area contributed by atoms with Gasteiger partial charge in [0.1, 0.15) is 12.1 Å². The second-order valence-electron chi connectivity index (χ2n) is 5.23. The van der Waals surface area contributed by atoms with Gasteiger partial charge < -0.3 is 9.30 Å². The molecule has 0 aliphatic rings. The maximum absolute atomic E-state index is 12.1. The fraction of sp³-hybridized carbons (Fsp3) is 0.176. The van der Waals surface area contributed by atoms with Crippen LogP contribution in [0, 0.1) is 0 Å². The molecule has 2 heterocycles. The number of rotatable bonds is 7. The van der Waals surface area contributed by atoms with Crippen LogP contribution in [-0.2, 0) is 17.8 Å². The molecule has 7 nitrogen and oxygen atoms in total. The van der Waals surface area contributed by atoms with Crippen molar-refractivity contribution in [3.05, 3.63) is 66.0 Å². The number of ketones is 2. The van der Waals surface area contributed by atoms with E-state index >= 15 is 0 Å².